The van der Waals surface area contributed by atoms with E-state index in [9.17, 15) is 8.42 Å². The summed E-state index contributed by atoms with van der Waals surface area (Å²) < 4.78 is 27.2. The summed E-state index contributed by atoms with van der Waals surface area (Å²) in [4.78, 5) is 0. The van der Waals surface area contributed by atoms with Crippen LogP contribution in [0.2, 0.25) is 0 Å². The van der Waals surface area contributed by atoms with Gasteiger partial charge in [0.25, 0.3) is 0 Å². The molecule has 86 valence electrons. The number of hydrogen-bond acceptors (Lipinski definition) is 3. The third-order valence-electron chi connectivity index (χ3n) is 1.70. The molecular weight excluding hydrogens is 366 g/mol. The van der Waals surface area contributed by atoms with Crippen LogP contribution in [0.1, 0.15) is 12.0 Å². The lowest BCUT2D eigenvalue weighted by molar-refractivity contribution is 0.583. The molecule has 1 aromatic heterocycles. The van der Waals surface area contributed by atoms with Crippen LogP contribution >= 0.6 is 43.2 Å². The molecule has 0 saturated carbocycles. The van der Waals surface area contributed by atoms with Crippen molar-refractivity contribution in [2.24, 2.45) is 0 Å². The lowest BCUT2D eigenvalue weighted by atomic mass is 10.4. The summed E-state index contributed by atoms with van der Waals surface area (Å²) in [5.74, 6) is 0. The van der Waals surface area contributed by atoms with E-state index >= 15 is 0 Å². The molecule has 0 aromatic carbocycles. The molecule has 0 fully saturated rings. The zero-order valence-corrected chi connectivity index (χ0v) is 12.9. The van der Waals surface area contributed by atoms with E-state index in [0.717, 1.165) is 21.1 Å². The molecule has 0 amide bonds. The molecule has 0 aliphatic carbocycles. The van der Waals surface area contributed by atoms with Crippen molar-refractivity contribution in [2.45, 2.75) is 17.6 Å². The number of aryl methyl sites for hydroxylation is 1. The minimum atomic E-state index is -3.32. The van der Waals surface area contributed by atoms with Gasteiger partial charge in [-0.25, -0.2) is 13.1 Å². The molecule has 0 saturated heterocycles. The van der Waals surface area contributed by atoms with E-state index in [-0.39, 0.29) is 0 Å². The van der Waals surface area contributed by atoms with Crippen LogP contribution in [0, 0.1) is 6.92 Å². The normalized spacial score (nSPS) is 11.9. The van der Waals surface area contributed by atoms with Crippen molar-refractivity contribution in [2.75, 3.05) is 11.9 Å². The molecule has 0 spiro atoms. The number of alkyl halides is 1. The zero-order chi connectivity index (χ0) is 11.5. The summed E-state index contributed by atoms with van der Waals surface area (Å²) in [5, 5.41) is 0.794. The average Bonchev–Trinajstić information content (AvgIpc) is 2.48. The van der Waals surface area contributed by atoms with Gasteiger partial charge in [0, 0.05) is 11.9 Å². The molecule has 0 bridgehead atoms. The van der Waals surface area contributed by atoms with Gasteiger partial charge < -0.3 is 0 Å². The van der Waals surface area contributed by atoms with Gasteiger partial charge in [0.15, 0.2) is 0 Å². The van der Waals surface area contributed by atoms with Crippen LogP contribution in [0.25, 0.3) is 0 Å². The smallest absolute Gasteiger partial charge is 0.210 e. The van der Waals surface area contributed by atoms with E-state index in [4.69, 9.17) is 0 Å². The zero-order valence-electron chi connectivity index (χ0n) is 8.09. The second-order valence-electron chi connectivity index (χ2n) is 2.96. The van der Waals surface area contributed by atoms with Gasteiger partial charge in [0.1, 0.15) is 4.21 Å². The molecule has 1 rings (SSSR count). The monoisotopic (exact) mass is 375 g/mol. The van der Waals surface area contributed by atoms with Crippen LogP contribution in [-0.2, 0) is 10.0 Å². The molecule has 15 heavy (non-hydrogen) atoms. The van der Waals surface area contributed by atoms with E-state index in [2.05, 4.69) is 36.6 Å². The number of nitrogens with one attached hydrogen (secondary N) is 1. The van der Waals surface area contributed by atoms with Crippen molar-refractivity contribution in [1.29, 1.82) is 0 Å². The summed E-state index contributed by atoms with van der Waals surface area (Å²) in [6.45, 7) is 2.33. The molecule has 1 N–H and O–H groups in total. The summed E-state index contributed by atoms with van der Waals surface area (Å²) in [5.41, 5.74) is 0.945. The number of halogens is 2. The Hall–Kier alpha value is 0.570. The van der Waals surface area contributed by atoms with E-state index in [0.29, 0.717) is 10.8 Å². The Kier molecular flexibility index (Phi) is 5.24. The van der Waals surface area contributed by atoms with Gasteiger partial charge in [0.05, 0.1) is 3.79 Å². The first-order valence-electron chi connectivity index (χ1n) is 4.29. The van der Waals surface area contributed by atoms with Gasteiger partial charge in [-0.1, -0.05) is 15.9 Å². The number of sulfonamides is 1. The fraction of sp³-hybridized carbons (Fsp3) is 0.500. The fourth-order valence-electron chi connectivity index (χ4n) is 0.909. The molecule has 3 nitrogen and oxygen atoms in total. The predicted molar refractivity (Wildman–Crippen MR) is 70.4 cm³/mol. The maximum atomic E-state index is 11.7. The Labute approximate surface area is 111 Å². The maximum absolute atomic E-state index is 11.7. The quantitative estimate of drug-likeness (QED) is 0.634. The van der Waals surface area contributed by atoms with Gasteiger partial charge in [-0.05, 0) is 40.9 Å². The third-order valence-corrected chi connectivity index (χ3v) is 6.33. The van der Waals surface area contributed by atoms with Crippen molar-refractivity contribution in [3.63, 3.8) is 0 Å². The first kappa shape index (κ1) is 13.6. The summed E-state index contributed by atoms with van der Waals surface area (Å²) in [6.07, 6.45) is 0.782. The van der Waals surface area contributed by atoms with Crippen molar-refractivity contribution >= 4 is 53.2 Å². The first-order chi connectivity index (χ1) is 6.97. The largest absolute Gasteiger partial charge is 0.250 e. The summed E-state index contributed by atoms with van der Waals surface area (Å²) in [7, 11) is -3.32. The molecule has 0 aliphatic heterocycles. The fourth-order valence-corrected chi connectivity index (χ4v) is 4.53. The van der Waals surface area contributed by atoms with Crippen LogP contribution in [-0.4, -0.2) is 20.3 Å². The van der Waals surface area contributed by atoms with Crippen LogP contribution in [0.3, 0.4) is 0 Å². The van der Waals surface area contributed by atoms with Crippen LogP contribution in [0.4, 0.5) is 0 Å². The van der Waals surface area contributed by atoms with Gasteiger partial charge in [0.2, 0.25) is 10.0 Å². The molecule has 7 heteroatoms. The number of thiophene rings is 1. The highest BCUT2D eigenvalue weighted by atomic mass is 79.9. The summed E-state index contributed by atoms with van der Waals surface area (Å²) in [6, 6.07) is 1.67. The Bertz CT molecular complexity index is 408. The van der Waals surface area contributed by atoms with E-state index in [1.165, 1.54) is 11.3 Å². The van der Waals surface area contributed by atoms with Crippen LogP contribution in [0.5, 0.6) is 0 Å². The Morgan fingerprint density at radius 3 is 2.67 bits per heavy atom. The summed E-state index contributed by atoms with van der Waals surface area (Å²) >= 11 is 7.79. The topological polar surface area (TPSA) is 46.2 Å². The van der Waals surface area contributed by atoms with E-state index in [1.807, 2.05) is 6.92 Å². The molecular formula is C8H11Br2NO2S2. The van der Waals surface area contributed by atoms with Gasteiger partial charge in [-0.2, -0.15) is 0 Å². The second-order valence-corrected chi connectivity index (χ2v) is 8.12. The van der Waals surface area contributed by atoms with E-state index < -0.39 is 10.0 Å². The van der Waals surface area contributed by atoms with Crippen LogP contribution in [0.15, 0.2) is 14.1 Å². The standard InChI is InChI=1S/C8H11Br2NO2S2/c1-6-5-7(14-8(6)10)15(12,13)11-4-2-3-9/h5,11H,2-4H2,1H3. The Morgan fingerprint density at radius 2 is 2.20 bits per heavy atom. The predicted octanol–water partition coefficient (Wildman–Crippen LogP) is 2.88. The number of rotatable bonds is 5. The highest BCUT2D eigenvalue weighted by Crippen LogP contribution is 2.30. The first-order valence-corrected chi connectivity index (χ1v) is 8.50. The maximum Gasteiger partial charge on any atom is 0.250 e. The van der Waals surface area contributed by atoms with Gasteiger partial charge >= 0.3 is 0 Å². The second kappa shape index (κ2) is 5.77. The highest BCUT2D eigenvalue weighted by molar-refractivity contribution is 9.11. The van der Waals surface area contributed by atoms with Gasteiger partial charge in [-0.15, -0.1) is 11.3 Å². The average molecular weight is 377 g/mol. The van der Waals surface area contributed by atoms with Crippen molar-refractivity contribution in [3.8, 4) is 0 Å². The van der Waals surface area contributed by atoms with E-state index in [1.54, 1.807) is 6.07 Å². The van der Waals surface area contributed by atoms with Crippen molar-refractivity contribution in [3.05, 3.63) is 15.4 Å². The van der Waals surface area contributed by atoms with Gasteiger partial charge in [-0.3, -0.25) is 0 Å². The third kappa shape index (κ3) is 3.81. The Balaban J connectivity index is 2.77. The lowest BCUT2D eigenvalue weighted by Crippen LogP contribution is -2.24. The minimum Gasteiger partial charge on any atom is -0.210 e. The van der Waals surface area contributed by atoms with Crippen LogP contribution < -0.4 is 4.72 Å². The highest BCUT2D eigenvalue weighted by Gasteiger charge is 2.17. The molecule has 1 heterocycles. The van der Waals surface area contributed by atoms with Crippen molar-refractivity contribution in [1.82, 2.24) is 4.72 Å². The molecule has 0 atom stereocenters. The molecule has 0 aliphatic rings. The minimum absolute atomic E-state index is 0.362. The molecule has 0 radical (unpaired) electrons. The Morgan fingerprint density at radius 1 is 1.53 bits per heavy atom. The number of hydrogen-bond donors (Lipinski definition) is 1. The van der Waals surface area contributed by atoms with Crippen molar-refractivity contribution < 1.29 is 8.42 Å². The SMILES string of the molecule is Cc1cc(S(=O)(=O)NCCCBr)sc1Br. The molecule has 1 aromatic rings. The molecule has 0 unspecified atom stereocenters. The lowest BCUT2D eigenvalue weighted by Gasteiger charge is -2.02.